The Morgan fingerprint density at radius 1 is 1.08 bits per heavy atom. The average Bonchev–Trinajstić information content (AvgIpc) is 2.68. The Kier molecular flexibility index (Phi) is 7.93. The van der Waals surface area contributed by atoms with Crippen LogP contribution in [0.15, 0.2) is 42.6 Å². The zero-order chi connectivity index (χ0) is 18.8. The predicted molar refractivity (Wildman–Crippen MR) is 106 cm³/mol. The third kappa shape index (κ3) is 5.76. The van der Waals surface area contributed by atoms with Crippen molar-refractivity contribution in [3.63, 3.8) is 0 Å². The first kappa shape index (κ1) is 19.8. The highest BCUT2D eigenvalue weighted by molar-refractivity contribution is 5.94. The van der Waals surface area contributed by atoms with Gasteiger partial charge in [0.15, 0.2) is 0 Å². The number of aromatic nitrogens is 1. The maximum Gasteiger partial charge on any atom is 0.255 e. The number of benzene rings is 1. The van der Waals surface area contributed by atoms with Crippen molar-refractivity contribution in [2.45, 2.75) is 33.1 Å². The van der Waals surface area contributed by atoms with E-state index in [1.807, 2.05) is 29.2 Å². The molecule has 1 N–H and O–H groups in total. The molecule has 140 valence electrons. The van der Waals surface area contributed by atoms with Crippen LogP contribution in [0.3, 0.4) is 0 Å². The summed E-state index contributed by atoms with van der Waals surface area (Å²) >= 11 is 0. The SMILES string of the molecule is CCCN(CCC)C(=O)c1ccc(NCCc2ccc(OC)cc2)nc1. The lowest BCUT2D eigenvalue weighted by molar-refractivity contribution is 0.0755. The summed E-state index contributed by atoms with van der Waals surface area (Å²) in [6.07, 6.45) is 4.48. The second kappa shape index (κ2) is 10.4. The van der Waals surface area contributed by atoms with E-state index in [0.717, 1.165) is 50.5 Å². The second-order valence-corrected chi connectivity index (χ2v) is 6.25. The number of nitrogens with zero attached hydrogens (tertiary/aromatic N) is 2. The fraction of sp³-hybridized carbons (Fsp3) is 0.429. The van der Waals surface area contributed by atoms with Crippen LogP contribution in [-0.4, -0.2) is 42.5 Å². The fourth-order valence-corrected chi connectivity index (χ4v) is 2.79. The summed E-state index contributed by atoms with van der Waals surface area (Å²) in [5.41, 5.74) is 1.88. The Morgan fingerprint density at radius 3 is 2.31 bits per heavy atom. The molecule has 0 spiro atoms. The maximum absolute atomic E-state index is 12.5. The molecule has 0 unspecified atom stereocenters. The molecule has 2 aromatic rings. The van der Waals surface area contributed by atoms with Crippen LogP contribution in [0.5, 0.6) is 5.75 Å². The molecule has 0 saturated heterocycles. The molecule has 2 rings (SSSR count). The third-order valence-electron chi connectivity index (χ3n) is 4.16. The predicted octanol–water partition coefficient (Wildman–Crippen LogP) is 4.01. The molecule has 0 aliphatic carbocycles. The van der Waals surface area contributed by atoms with Gasteiger partial charge in [-0.05, 0) is 49.1 Å². The monoisotopic (exact) mass is 355 g/mol. The summed E-state index contributed by atoms with van der Waals surface area (Å²) in [5.74, 6) is 1.71. The van der Waals surface area contributed by atoms with Crippen LogP contribution < -0.4 is 10.1 Å². The Bertz CT molecular complexity index is 663. The van der Waals surface area contributed by atoms with Gasteiger partial charge in [0, 0.05) is 25.8 Å². The van der Waals surface area contributed by atoms with Gasteiger partial charge in [-0.2, -0.15) is 0 Å². The van der Waals surface area contributed by atoms with Gasteiger partial charge in [0.2, 0.25) is 0 Å². The van der Waals surface area contributed by atoms with Crippen molar-refractivity contribution in [2.75, 3.05) is 32.1 Å². The lowest BCUT2D eigenvalue weighted by atomic mass is 10.1. The van der Waals surface area contributed by atoms with E-state index >= 15 is 0 Å². The van der Waals surface area contributed by atoms with Gasteiger partial charge in [-0.3, -0.25) is 4.79 Å². The van der Waals surface area contributed by atoms with Crippen LogP contribution >= 0.6 is 0 Å². The number of amides is 1. The molecule has 1 aromatic carbocycles. The number of ether oxygens (including phenoxy) is 1. The first-order chi connectivity index (χ1) is 12.7. The number of nitrogens with one attached hydrogen (secondary N) is 1. The van der Waals surface area contributed by atoms with Gasteiger partial charge in [0.25, 0.3) is 5.91 Å². The van der Waals surface area contributed by atoms with Crippen LogP contribution in [0, 0.1) is 0 Å². The fourth-order valence-electron chi connectivity index (χ4n) is 2.79. The third-order valence-corrected chi connectivity index (χ3v) is 4.16. The molecule has 0 radical (unpaired) electrons. The molecule has 5 nitrogen and oxygen atoms in total. The van der Waals surface area contributed by atoms with Gasteiger partial charge >= 0.3 is 0 Å². The first-order valence-corrected chi connectivity index (χ1v) is 9.30. The summed E-state index contributed by atoms with van der Waals surface area (Å²) in [6.45, 7) is 6.53. The molecule has 1 amide bonds. The Labute approximate surface area is 156 Å². The van der Waals surface area contributed by atoms with Crippen molar-refractivity contribution < 1.29 is 9.53 Å². The molecule has 1 heterocycles. The Morgan fingerprint density at radius 2 is 1.77 bits per heavy atom. The summed E-state index contributed by atoms with van der Waals surface area (Å²) in [5, 5.41) is 3.30. The number of pyridine rings is 1. The van der Waals surface area contributed by atoms with Crippen LogP contribution in [0.1, 0.15) is 42.6 Å². The summed E-state index contributed by atoms with van der Waals surface area (Å²) < 4.78 is 5.16. The van der Waals surface area contributed by atoms with Gasteiger partial charge in [-0.25, -0.2) is 4.98 Å². The Hall–Kier alpha value is -2.56. The van der Waals surface area contributed by atoms with Crippen LogP contribution in [0.25, 0.3) is 0 Å². The second-order valence-electron chi connectivity index (χ2n) is 6.25. The largest absolute Gasteiger partial charge is 0.497 e. The molecule has 0 saturated carbocycles. The number of rotatable bonds is 10. The van der Waals surface area contributed by atoms with E-state index in [-0.39, 0.29) is 5.91 Å². The summed E-state index contributed by atoms with van der Waals surface area (Å²) in [4.78, 5) is 18.8. The normalized spacial score (nSPS) is 10.4. The average molecular weight is 355 g/mol. The van der Waals surface area contributed by atoms with E-state index in [2.05, 4.69) is 36.3 Å². The topological polar surface area (TPSA) is 54.5 Å². The van der Waals surface area contributed by atoms with Crippen LogP contribution in [0.4, 0.5) is 5.82 Å². The minimum Gasteiger partial charge on any atom is -0.497 e. The quantitative estimate of drug-likeness (QED) is 0.700. The van der Waals surface area contributed by atoms with Crippen molar-refractivity contribution in [2.24, 2.45) is 0 Å². The summed E-state index contributed by atoms with van der Waals surface area (Å²) in [6, 6.07) is 11.8. The maximum atomic E-state index is 12.5. The van der Waals surface area contributed by atoms with Gasteiger partial charge < -0.3 is 15.0 Å². The highest BCUT2D eigenvalue weighted by atomic mass is 16.5. The highest BCUT2D eigenvalue weighted by Gasteiger charge is 2.14. The molecular formula is C21H29N3O2. The van der Waals surface area contributed by atoms with Crippen molar-refractivity contribution in [3.8, 4) is 5.75 Å². The Balaban J connectivity index is 1.87. The van der Waals surface area contributed by atoms with Crippen LogP contribution in [-0.2, 0) is 6.42 Å². The lowest BCUT2D eigenvalue weighted by Gasteiger charge is -2.21. The van der Waals surface area contributed by atoms with Crippen molar-refractivity contribution in [3.05, 3.63) is 53.7 Å². The van der Waals surface area contributed by atoms with E-state index < -0.39 is 0 Å². The minimum atomic E-state index is 0.0611. The molecule has 0 atom stereocenters. The van der Waals surface area contributed by atoms with Gasteiger partial charge in [-0.15, -0.1) is 0 Å². The number of hydrogen-bond acceptors (Lipinski definition) is 4. The lowest BCUT2D eigenvalue weighted by Crippen LogP contribution is -2.32. The standard InChI is InChI=1S/C21H29N3O2/c1-4-14-24(15-5-2)21(25)18-8-11-20(23-16-18)22-13-12-17-6-9-19(26-3)10-7-17/h6-11,16H,4-5,12-15H2,1-3H3,(H,22,23). The first-order valence-electron chi connectivity index (χ1n) is 9.30. The number of carbonyl (C=O) groups excluding carboxylic acids is 1. The molecular weight excluding hydrogens is 326 g/mol. The van der Waals surface area contributed by atoms with Crippen molar-refractivity contribution in [1.29, 1.82) is 0 Å². The molecule has 1 aromatic heterocycles. The number of hydrogen-bond donors (Lipinski definition) is 1. The van der Waals surface area contributed by atoms with Gasteiger partial charge in [0.05, 0.1) is 12.7 Å². The number of carbonyl (C=O) groups is 1. The van der Waals surface area contributed by atoms with E-state index in [4.69, 9.17) is 4.74 Å². The molecule has 0 fully saturated rings. The number of anilines is 1. The van der Waals surface area contributed by atoms with E-state index in [1.54, 1.807) is 13.3 Å². The molecule has 0 bridgehead atoms. The van der Waals surface area contributed by atoms with E-state index in [0.29, 0.717) is 5.56 Å². The zero-order valence-electron chi connectivity index (χ0n) is 16.0. The van der Waals surface area contributed by atoms with Crippen molar-refractivity contribution >= 4 is 11.7 Å². The van der Waals surface area contributed by atoms with Gasteiger partial charge in [-0.1, -0.05) is 26.0 Å². The van der Waals surface area contributed by atoms with Crippen LogP contribution in [0.2, 0.25) is 0 Å². The van der Waals surface area contributed by atoms with Gasteiger partial charge in [0.1, 0.15) is 11.6 Å². The smallest absolute Gasteiger partial charge is 0.255 e. The molecule has 0 aliphatic rings. The zero-order valence-corrected chi connectivity index (χ0v) is 16.0. The molecule has 26 heavy (non-hydrogen) atoms. The minimum absolute atomic E-state index is 0.0611. The van der Waals surface area contributed by atoms with Crippen molar-refractivity contribution in [1.82, 2.24) is 9.88 Å². The van der Waals surface area contributed by atoms with E-state index in [9.17, 15) is 4.79 Å². The van der Waals surface area contributed by atoms with E-state index in [1.165, 1.54) is 5.56 Å². The highest BCUT2D eigenvalue weighted by Crippen LogP contribution is 2.13. The molecule has 0 aliphatic heterocycles. The summed E-state index contributed by atoms with van der Waals surface area (Å²) in [7, 11) is 1.67. The number of methoxy groups -OCH3 is 1. The molecule has 5 heteroatoms.